The second kappa shape index (κ2) is 7.88. The standard InChI is InChI=1S/C18H28N4O/c1-14(16-7-2-3-9-19-16)22-11-5-6-15(13-22)12-21-18(23)17-8-4-10-20-17/h2-3,7,9,14-15,17,20H,4-6,8,10-13H2,1H3,(H,21,23). The van der Waals surface area contributed by atoms with Crippen molar-refractivity contribution in [2.24, 2.45) is 5.92 Å². The van der Waals surface area contributed by atoms with Crippen LogP contribution in [0.4, 0.5) is 0 Å². The molecule has 0 radical (unpaired) electrons. The van der Waals surface area contributed by atoms with Gasteiger partial charge in [0.05, 0.1) is 11.7 Å². The lowest BCUT2D eigenvalue weighted by molar-refractivity contribution is -0.123. The van der Waals surface area contributed by atoms with Crippen LogP contribution in [0, 0.1) is 5.92 Å². The molecule has 5 heteroatoms. The molecule has 0 saturated carbocycles. The van der Waals surface area contributed by atoms with E-state index in [9.17, 15) is 4.79 Å². The van der Waals surface area contributed by atoms with Crippen LogP contribution < -0.4 is 10.6 Å². The molecule has 0 aromatic carbocycles. The maximum atomic E-state index is 12.1. The minimum absolute atomic E-state index is 0.0298. The molecule has 3 atom stereocenters. The van der Waals surface area contributed by atoms with E-state index in [1.54, 1.807) is 0 Å². The Bertz CT molecular complexity index is 501. The molecule has 23 heavy (non-hydrogen) atoms. The summed E-state index contributed by atoms with van der Waals surface area (Å²) >= 11 is 0. The van der Waals surface area contributed by atoms with Gasteiger partial charge < -0.3 is 10.6 Å². The van der Waals surface area contributed by atoms with Gasteiger partial charge in [-0.1, -0.05) is 6.07 Å². The highest BCUT2D eigenvalue weighted by atomic mass is 16.2. The zero-order chi connectivity index (χ0) is 16.1. The predicted molar refractivity (Wildman–Crippen MR) is 91.0 cm³/mol. The molecule has 1 aromatic heterocycles. The van der Waals surface area contributed by atoms with E-state index >= 15 is 0 Å². The van der Waals surface area contributed by atoms with E-state index < -0.39 is 0 Å². The van der Waals surface area contributed by atoms with Gasteiger partial charge in [-0.05, 0) is 63.7 Å². The number of hydrogen-bond acceptors (Lipinski definition) is 4. The molecule has 5 nitrogen and oxygen atoms in total. The monoisotopic (exact) mass is 316 g/mol. The zero-order valence-electron chi connectivity index (χ0n) is 14.0. The summed E-state index contributed by atoms with van der Waals surface area (Å²) in [5.41, 5.74) is 1.13. The smallest absolute Gasteiger partial charge is 0.237 e. The van der Waals surface area contributed by atoms with Crippen molar-refractivity contribution in [3.8, 4) is 0 Å². The molecule has 1 aromatic rings. The van der Waals surface area contributed by atoms with E-state index in [-0.39, 0.29) is 11.9 Å². The van der Waals surface area contributed by atoms with Crippen LogP contribution in [0.3, 0.4) is 0 Å². The topological polar surface area (TPSA) is 57.3 Å². The summed E-state index contributed by atoms with van der Waals surface area (Å²) in [7, 11) is 0. The Hall–Kier alpha value is -1.46. The molecule has 126 valence electrons. The number of aromatic nitrogens is 1. The molecule has 2 fully saturated rings. The summed E-state index contributed by atoms with van der Waals surface area (Å²) in [6.45, 7) is 6.15. The molecule has 1 amide bonds. The number of pyridine rings is 1. The average molecular weight is 316 g/mol. The van der Waals surface area contributed by atoms with Gasteiger partial charge in [0.25, 0.3) is 0 Å². The fourth-order valence-electron chi connectivity index (χ4n) is 3.70. The first-order valence-corrected chi connectivity index (χ1v) is 8.90. The van der Waals surface area contributed by atoms with Crippen LogP contribution in [0.15, 0.2) is 24.4 Å². The number of nitrogens with zero attached hydrogens (tertiary/aromatic N) is 2. The number of nitrogens with one attached hydrogen (secondary N) is 2. The second-order valence-electron chi connectivity index (χ2n) is 6.83. The number of rotatable bonds is 5. The minimum atomic E-state index is 0.0298. The predicted octanol–water partition coefficient (Wildman–Crippen LogP) is 1.72. The first-order chi connectivity index (χ1) is 11.2. The number of carbonyl (C=O) groups is 1. The quantitative estimate of drug-likeness (QED) is 0.868. The maximum absolute atomic E-state index is 12.1. The highest BCUT2D eigenvalue weighted by molar-refractivity contribution is 5.81. The third kappa shape index (κ3) is 4.30. The van der Waals surface area contributed by atoms with Gasteiger partial charge in [-0.3, -0.25) is 14.7 Å². The first-order valence-electron chi connectivity index (χ1n) is 8.90. The normalized spacial score (nSPS) is 26.8. The third-order valence-corrected chi connectivity index (χ3v) is 5.16. The summed E-state index contributed by atoms with van der Waals surface area (Å²) in [5.74, 6) is 0.720. The Labute approximate surface area is 138 Å². The van der Waals surface area contributed by atoms with Gasteiger partial charge >= 0.3 is 0 Å². The Balaban J connectivity index is 1.49. The SMILES string of the molecule is CC(c1ccccn1)N1CCCC(CNC(=O)C2CCCN2)C1. The van der Waals surface area contributed by atoms with E-state index in [0.29, 0.717) is 12.0 Å². The van der Waals surface area contributed by atoms with Crippen LogP contribution in [0.2, 0.25) is 0 Å². The van der Waals surface area contributed by atoms with E-state index in [0.717, 1.165) is 44.7 Å². The number of likely N-dealkylation sites (tertiary alicyclic amines) is 1. The van der Waals surface area contributed by atoms with E-state index in [4.69, 9.17) is 0 Å². The van der Waals surface area contributed by atoms with Crippen molar-refractivity contribution in [3.05, 3.63) is 30.1 Å². The van der Waals surface area contributed by atoms with Crippen LogP contribution >= 0.6 is 0 Å². The lowest BCUT2D eigenvalue weighted by Gasteiger charge is -2.36. The Morgan fingerprint density at radius 3 is 3.09 bits per heavy atom. The van der Waals surface area contributed by atoms with Gasteiger partial charge in [0.15, 0.2) is 0 Å². The molecule has 3 heterocycles. The van der Waals surface area contributed by atoms with Gasteiger partial charge in [0.2, 0.25) is 5.91 Å². The molecule has 2 N–H and O–H groups in total. The van der Waals surface area contributed by atoms with Crippen molar-refractivity contribution in [1.82, 2.24) is 20.5 Å². The van der Waals surface area contributed by atoms with Crippen molar-refractivity contribution in [2.75, 3.05) is 26.2 Å². The average Bonchev–Trinajstić information content (AvgIpc) is 3.15. The number of amides is 1. The van der Waals surface area contributed by atoms with Crippen LogP contribution in [0.1, 0.15) is 44.3 Å². The fraction of sp³-hybridized carbons (Fsp3) is 0.667. The summed E-state index contributed by atoms with van der Waals surface area (Å²) in [5, 5.41) is 6.41. The maximum Gasteiger partial charge on any atom is 0.237 e. The van der Waals surface area contributed by atoms with Gasteiger partial charge in [0.1, 0.15) is 0 Å². The Kier molecular flexibility index (Phi) is 5.62. The zero-order valence-corrected chi connectivity index (χ0v) is 14.0. The summed E-state index contributed by atoms with van der Waals surface area (Å²) in [6.07, 6.45) is 6.33. The van der Waals surface area contributed by atoms with Gasteiger partial charge in [0, 0.05) is 25.3 Å². The van der Waals surface area contributed by atoms with E-state index in [2.05, 4.69) is 39.6 Å². The molecule has 0 bridgehead atoms. The lowest BCUT2D eigenvalue weighted by atomic mass is 9.96. The highest BCUT2D eigenvalue weighted by Gasteiger charge is 2.27. The number of carbonyl (C=O) groups excluding carboxylic acids is 1. The van der Waals surface area contributed by atoms with Crippen molar-refractivity contribution < 1.29 is 4.79 Å². The van der Waals surface area contributed by atoms with Gasteiger partial charge in [-0.2, -0.15) is 0 Å². The second-order valence-corrected chi connectivity index (χ2v) is 6.83. The Morgan fingerprint density at radius 1 is 1.43 bits per heavy atom. The van der Waals surface area contributed by atoms with Crippen molar-refractivity contribution >= 4 is 5.91 Å². The summed E-state index contributed by atoms with van der Waals surface area (Å²) in [6, 6.07) is 6.48. The first kappa shape index (κ1) is 16.4. The van der Waals surface area contributed by atoms with Gasteiger partial charge in [-0.15, -0.1) is 0 Å². The highest BCUT2D eigenvalue weighted by Crippen LogP contribution is 2.25. The molecule has 0 spiro atoms. The van der Waals surface area contributed by atoms with Crippen molar-refractivity contribution in [2.45, 2.75) is 44.7 Å². The Morgan fingerprint density at radius 2 is 2.35 bits per heavy atom. The molecule has 2 saturated heterocycles. The van der Waals surface area contributed by atoms with Crippen molar-refractivity contribution in [1.29, 1.82) is 0 Å². The van der Waals surface area contributed by atoms with Crippen LogP contribution in [-0.2, 0) is 4.79 Å². The lowest BCUT2D eigenvalue weighted by Crippen LogP contribution is -2.46. The van der Waals surface area contributed by atoms with Crippen LogP contribution in [0.25, 0.3) is 0 Å². The summed E-state index contributed by atoms with van der Waals surface area (Å²) in [4.78, 5) is 19.1. The molecule has 3 rings (SSSR count). The molecule has 3 unspecified atom stereocenters. The third-order valence-electron chi connectivity index (χ3n) is 5.16. The largest absolute Gasteiger partial charge is 0.354 e. The van der Waals surface area contributed by atoms with Crippen LogP contribution in [0.5, 0.6) is 0 Å². The molecular formula is C18H28N4O. The van der Waals surface area contributed by atoms with Crippen molar-refractivity contribution in [3.63, 3.8) is 0 Å². The number of piperidine rings is 1. The van der Waals surface area contributed by atoms with E-state index in [1.807, 2.05) is 12.3 Å². The molecule has 2 aliphatic rings. The van der Waals surface area contributed by atoms with E-state index in [1.165, 1.54) is 12.8 Å². The summed E-state index contributed by atoms with van der Waals surface area (Å²) < 4.78 is 0. The van der Waals surface area contributed by atoms with Gasteiger partial charge in [-0.25, -0.2) is 0 Å². The molecule has 0 aliphatic carbocycles. The molecular weight excluding hydrogens is 288 g/mol. The minimum Gasteiger partial charge on any atom is -0.354 e. The molecule has 2 aliphatic heterocycles. The van der Waals surface area contributed by atoms with Crippen LogP contribution in [-0.4, -0.2) is 48.0 Å². The fourth-order valence-corrected chi connectivity index (χ4v) is 3.70. The number of hydrogen-bond donors (Lipinski definition) is 2.